The Labute approximate surface area is 137 Å². The summed E-state index contributed by atoms with van der Waals surface area (Å²) in [6.45, 7) is -0.136. The fraction of sp³-hybridized carbons (Fsp3) is 0.625. The molecule has 4 N–H and O–H groups in total. The predicted octanol–water partition coefficient (Wildman–Crippen LogP) is -0.321. The first-order valence-electron chi connectivity index (χ1n) is 5.26. The Balaban J connectivity index is 0. The maximum atomic E-state index is 10.4. The molecule has 2 amide bonds. The lowest BCUT2D eigenvalue weighted by molar-refractivity contribution is -0.138. The van der Waals surface area contributed by atoms with Gasteiger partial charge < -0.3 is 29.9 Å². The molecule has 4 atom stereocenters. The molecular formula is C8H18N2O7P2S2. The van der Waals surface area contributed by atoms with Crippen LogP contribution in [0.1, 0.15) is 0 Å². The van der Waals surface area contributed by atoms with Crippen molar-refractivity contribution >= 4 is 62.3 Å². The first kappa shape index (κ1) is 22.8. The number of aliphatic hydroxyl groups excluding tert-OH is 1. The fourth-order valence-corrected chi connectivity index (χ4v) is 1.30. The molecular weight excluding hydrogens is 362 g/mol. The van der Waals surface area contributed by atoms with Crippen molar-refractivity contribution in [1.82, 2.24) is 10.6 Å². The first-order valence-corrected chi connectivity index (χ1v) is 7.46. The van der Waals surface area contributed by atoms with Gasteiger partial charge in [-0.15, -0.1) is 0 Å². The number of thiol groups is 2. The van der Waals surface area contributed by atoms with Crippen LogP contribution in [0.3, 0.4) is 0 Å². The van der Waals surface area contributed by atoms with E-state index in [2.05, 4.69) is 44.9 Å². The van der Waals surface area contributed by atoms with Gasteiger partial charge in [0.05, 0.1) is 31.6 Å². The molecule has 0 aliphatic rings. The van der Waals surface area contributed by atoms with Crippen molar-refractivity contribution in [3.63, 3.8) is 0 Å². The minimum atomic E-state index is -1.14. The highest BCUT2D eigenvalue weighted by atomic mass is 32.1. The summed E-state index contributed by atoms with van der Waals surface area (Å²) >= 11 is 7.58. The fourth-order valence-electron chi connectivity index (χ4n) is 0.711. The van der Waals surface area contributed by atoms with Crippen LogP contribution in [0.4, 0.5) is 9.59 Å². The molecule has 0 radical (unpaired) electrons. The van der Waals surface area contributed by atoms with Gasteiger partial charge in [-0.25, -0.2) is 14.4 Å². The van der Waals surface area contributed by atoms with Crippen LogP contribution in [0.15, 0.2) is 0 Å². The number of hydrogen-bond acceptors (Lipinski definition) is 8. The van der Waals surface area contributed by atoms with Crippen LogP contribution in [0.25, 0.3) is 0 Å². The van der Waals surface area contributed by atoms with Crippen LogP contribution in [-0.4, -0.2) is 58.6 Å². The number of carbonyl (C=O) groups is 3. The Morgan fingerprint density at radius 2 is 1.52 bits per heavy atom. The monoisotopic (exact) mass is 380 g/mol. The molecule has 0 rings (SSSR count). The number of aliphatic hydroxyl groups is 1. The van der Waals surface area contributed by atoms with Crippen molar-refractivity contribution in [2.24, 2.45) is 0 Å². The number of carboxylic acids is 1. The minimum Gasteiger partial charge on any atom is -0.480 e. The van der Waals surface area contributed by atoms with E-state index in [0.29, 0.717) is 5.75 Å². The zero-order chi connectivity index (χ0) is 16.8. The summed E-state index contributed by atoms with van der Waals surface area (Å²) in [5, 5.41) is 21.4. The molecule has 0 saturated heterocycles. The number of aliphatic carboxylic acids is 1. The Morgan fingerprint density at radius 1 is 1.05 bits per heavy atom. The Morgan fingerprint density at radius 3 is 1.81 bits per heavy atom. The van der Waals surface area contributed by atoms with Crippen LogP contribution in [0.2, 0.25) is 0 Å². The highest BCUT2D eigenvalue weighted by Gasteiger charge is 2.17. The summed E-state index contributed by atoms with van der Waals surface area (Å²) in [5.41, 5.74) is 0. The Bertz CT molecular complexity index is 334. The minimum absolute atomic E-state index is 0.0229. The van der Waals surface area contributed by atoms with Gasteiger partial charge >= 0.3 is 18.2 Å². The lowest BCUT2D eigenvalue weighted by Gasteiger charge is -2.11. The van der Waals surface area contributed by atoms with E-state index < -0.39 is 24.2 Å². The smallest absolute Gasteiger partial charge is 0.410 e. The van der Waals surface area contributed by atoms with Gasteiger partial charge in [0.25, 0.3) is 0 Å². The van der Waals surface area contributed by atoms with E-state index in [0.717, 1.165) is 0 Å². The molecule has 0 aromatic carbocycles. The van der Waals surface area contributed by atoms with E-state index in [1.807, 2.05) is 0 Å². The molecule has 2 unspecified atom stereocenters. The van der Waals surface area contributed by atoms with Crippen molar-refractivity contribution in [1.29, 1.82) is 0 Å². The second kappa shape index (κ2) is 14.5. The van der Waals surface area contributed by atoms with E-state index in [1.165, 1.54) is 0 Å². The average molecular weight is 380 g/mol. The zero-order valence-corrected chi connectivity index (χ0v) is 14.9. The third kappa shape index (κ3) is 12.9. The van der Waals surface area contributed by atoms with Crippen molar-refractivity contribution in [2.45, 2.75) is 12.1 Å². The molecule has 21 heavy (non-hydrogen) atoms. The van der Waals surface area contributed by atoms with Crippen molar-refractivity contribution in [3.05, 3.63) is 0 Å². The number of carboxylic acid groups (broad SMARTS) is 1. The van der Waals surface area contributed by atoms with Crippen LogP contribution in [0, 0.1) is 0 Å². The molecule has 0 aliphatic carbocycles. The van der Waals surface area contributed by atoms with Gasteiger partial charge in [-0.05, 0) is 0 Å². The molecule has 0 spiro atoms. The van der Waals surface area contributed by atoms with Gasteiger partial charge in [-0.1, -0.05) is 0 Å². The first-order chi connectivity index (χ1) is 9.85. The number of carbonyl (C=O) groups excluding carboxylic acids is 2. The largest absolute Gasteiger partial charge is 0.480 e. The van der Waals surface area contributed by atoms with Crippen molar-refractivity contribution < 1.29 is 33.6 Å². The molecule has 0 bridgehead atoms. The van der Waals surface area contributed by atoms with E-state index in [4.69, 9.17) is 10.2 Å². The van der Waals surface area contributed by atoms with Crippen LogP contribution in [-0.2, 0) is 13.8 Å². The summed E-state index contributed by atoms with van der Waals surface area (Å²) in [6, 6.07) is -1.34. The maximum Gasteiger partial charge on any atom is 0.410 e. The number of rotatable bonds is 6. The van der Waals surface area contributed by atoms with Gasteiger partial charge in [-0.2, -0.15) is 25.3 Å². The second-order valence-electron chi connectivity index (χ2n) is 3.23. The molecule has 124 valence electrons. The molecule has 0 aromatic heterocycles. The molecule has 0 fully saturated rings. The quantitative estimate of drug-likeness (QED) is 0.275. The normalized spacial score (nSPS) is 12.0. The van der Waals surface area contributed by atoms with Crippen molar-refractivity contribution in [3.8, 4) is 0 Å². The Kier molecular flexibility index (Phi) is 15.7. The molecule has 0 aliphatic heterocycles. The van der Waals surface area contributed by atoms with Gasteiger partial charge in [0.1, 0.15) is 6.04 Å². The lowest BCUT2D eigenvalue weighted by Crippen LogP contribution is -2.41. The third-order valence-electron chi connectivity index (χ3n) is 1.75. The Hall–Kier alpha value is -0.470. The summed E-state index contributed by atoms with van der Waals surface area (Å²) in [5.74, 6) is -0.735. The summed E-state index contributed by atoms with van der Waals surface area (Å²) in [4.78, 5) is 31.1. The standard InChI is InChI=1S/C4H8NO4PS.C4H10NO3PS/c6-3(7)2(1-11)5-4(8)9-10;6-1-3(2-10)5-4(7)8-9/h2,11H,1,10H2,(H,5,8)(H,6,7);3,6,10H,1-2,9H2,(H,5,7)/t2-;3-/m01/s1. The molecule has 13 heteroatoms. The zero-order valence-electron chi connectivity index (χ0n) is 10.8. The van der Waals surface area contributed by atoms with E-state index in [9.17, 15) is 14.4 Å². The van der Waals surface area contributed by atoms with Crippen molar-refractivity contribution in [2.75, 3.05) is 18.1 Å². The average Bonchev–Trinajstić information content (AvgIpc) is 2.49. The van der Waals surface area contributed by atoms with Gasteiger partial charge in [0.15, 0.2) is 0 Å². The summed E-state index contributed by atoms with van der Waals surface area (Å²) < 4.78 is 8.31. The SMILES string of the molecule is O=C(N[C@@H](CS)C(=O)O)OP.O=C(N[C@H](CO)CS)OP. The van der Waals surface area contributed by atoms with Gasteiger partial charge in [-0.3, -0.25) is 0 Å². The molecule has 0 heterocycles. The van der Waals surface area contributed by atoms with E-state index >= 15 is 0 Å². The number of amides is 2. The number of hydrogen-bond donors (Lipinski definition) is 6. The highest BCUT2D eigenvalue weighted by molar-refractivity contribution is 7.80. The summed E-state index contributed by atoms with van der Waals surface area (Å²) in [6.07, 6.45) is -1.39. The number of nitrogens with one attached hydrogen (secondary N) is 2. The van der Waals surface area contributed by atoms with Crippen LogP contribution >= 0.6 is 44.2 Å². The summed E-state index contributed by atoms with van der Waals surface area (Å²) in [7, 11) is 3.51. The maximum absolute atomic E-state index is 10.4. The molecule has 0 aromatic rings. The van der Waals surface area contributed by atoms with Crippen LogP contribution < -0.4 is 10.6 Å². The molecule has 9 nitrogen and oxygen atoms in total. The van der Waals surface area contributed by atoms with E-state index in [1.54, 1.807) is 18.9 Å². The lowest BCUT2D eigenvalue weighted by atomic mass is 10.3. The third-order valence-corrected chi connectivity index (χ3v) is 2.98. The van der Waals surface area contributed by atoms with Gasteiger partial charge in [0.2, 0.25) is 0 Å². The van der Waals surface area contributed by atoms with E-state index in [-0.39, 0.29) is 18.4 Å². The highest BCUT2D eigenvalue weighted by Crippen LogP contribution is 1.92. The topological polar surface area (TPSA) is 134 Å². The van der Waals surface area contributed by atoms with Crippen LogP contribution in [0.5, 0.6) is 0 Å². The van der Waals surface area contributed by atoms with Gasteiger partial charge in [0, 0.05) is 11.5 Å². The second-order valence-corrected chi connectivity index (χ2v) is 4.44. The predicted molar refractivity (Wildman–Crippen MR) is 88.7 cm³/mol. The molecule has 0 saturated carbocycles.